The molecule has 23 heavy (non-hydrogen) atoms. The van der Waals surface area contributed by atoms with Crippen molar-refractivity contribution in [3.8, 4) is 0 Å². The van der Waals surface area contributed by atoms with Crippen LogP contribution in [-0.2, 0) is 5.41 Å². The molecule has 0 spiro atoms. The molecule has 0 N–H and O–H groups in total. The van der Waals surface area contributed by atoms with Crippen molar-refractivity contribution < 1.29 is 0 Å². The fraction of sp³-hybridized carbons (Fsp3) is 0.636. The van der Waals surface area contributed by atoms with E-state index >= 15 is 0 Å². The van der Waals surface area contributed by atoms with Gasteiger partial charge in [0.1, 0.15) is 0 Å². The molecular weight excluding hydrogens is 300 g/mol. The van der Waals surface area contributed by atoms with E-state index in [1.165, 1.54) is 57.8 Å². The SMILES string of the molecule is C=C[C@H]1CC[C@H](C2CCCCC2(CC)c2ccc(Cl)cc2)CC1. The molecule has 1 aromatic carbocycles. The van der Waals surface area contributed by atoms with Gasteiger partial charge in [-0.25, -0.2) is 0 Å². The predicted octanol–water partition coefficient (Wildman–Crippen LogP) is 7.17. The van der Waals surface area contributed by atoms with E-state index in [1.54, 1.807) is 5.56 Å². The standard InChI is InChI=1S/C22H31Cl/c1-3-17-8-10-18(11-9-17)21-7-5-6-16-22(21,4-2)19-12-14-20(23)15-13-19/h3,12-15,17-18,21H,1,4-11,16H2,2H3/t17-,18-,21?,22?. The van der Waals surface area contributed by atoms with Crippen LogP contribution < -0.4 is 0 Å². The summed E-state index contributed by atoms with van der Waals surface area (Å²) in [5.41, 5.74) is 1.93. The van der Waals surface area contributed by atoms with Crippen molar-refractivity contribution in [3.63, 3.8) is 0 Å². The van der Waals surface area contributed by atoms with Crippen LogP contribution in [0.25, 0.3) is 0 Å². The summed E-state index contributed by atoms with van der Waals surface area (Å²) in [4.78, 5) is 0. The van der Waals surface area contributed by atoms with Crippen LogP contribution in [0.5, 0.6) is 0 Å². The molecule has 1 heteroatoms. The third kappa shape index (κ3) is 3.38. The zero-order valence-electron chi connectivity index (χ0n) is 14.6. The molecule has 126 valence electrons. The Labute approximate surface area is 147 Å². The lowest BCUT2D eigenvalue weighted by molar-refractivity contribution is 0.0844. The van der Waals surface area contributed by atoms with E-state index in [9.17, 15) is 0 Å². The van der Waals surface area contributed by atoms with E-state index in [1.807, 2.05) is 0 Å². The fourth-order valence-electron chi connectivity index (χ4n) is 5.52. The van der Waals surface area contributed by atoms with Gasteiger partial charge in [-0.3, -0.25) is 0 Å². The first kappa shape index (κ1) is 17.1. The summed E-state index contributed by atoms with van der Waals surface area (Å²) in [7, 11) is 0. The molecule has 2 aliphatic rings. The molecule has 0 heterocycles. The molecule has 3 rings (SSSR count). The Hall–Kier alpha value is -0.750. The van der Waals surface area contributed by atoms with E-state index in [-0.39, 0.29) is 0 Å². The maximum atomic E-state index is 6.15. The van der Waals surface area contributed by atoms with Crippen LogP contribution in [0.4, 0.5) is 0 Å². The van der Waals surface area contributed by atoms with Gasteiger partial charge >= 0.3 is 0 Å². The topological polar surface area (TPSA) is 0 Å². The predicted molar refractivity (Wildman–Crippen MR) is 101 cm³/mol. The summed E-state index contributed by atoms with van der Waals surface area (Å²) in [5, 5.41) is 0.860. The Kier molecular flexibility index (Phi) is 5.52. The van der Waals surface area contributed by atoms with E-state index in [2.05, 4.69) is 43.8 Å². The molecule has 0 nitrogen and oxygen atoms in total. The first-order chi connectivity index (χ1) is 11.2. The lowest BCUT2D eigenvalue weighted by atomic mass is 9.55. The van der Waals surface area contributed by atoms with E-state index in [0.717, 1.165) is 22.8 Å². The van der Waals surface area contributed by atoms with Crippen LogP contribution in [-0.4, -0.2) is 0 Å². The third-order valence-electron chi connectivity index (χ3n) is 6.87. The number of benzene rings is 1. The van der Waals surface area contributed by atoms with Crippen LogP contribution in [0.3, 0.4) is 0 Å². The highest BCUT2D eigenvalue weighted by atomic mass is 35.5. The fourth-order valence-corrected chi connectivity index (χ4v) is 5.65. The number of hydrogen-bond acceptors (Lipinski definition) is 0. The quantitative estimate of drug-likeness (QED) is 0.513. The van der Waals surface area contributed by atoms with Crippen molar-refractivity contribution >= 4 is 11.6 Å². The lowest BCUT2D eigenvalue weighted by Gasteiger charge is -2.49. The van der Waals surface area contributed by atoms with Gasteiger partial charge in [-0.1, -0.05) is 49.6 Å². The van der Waals surface area contributed by atoms with Crippen LogP contribution >= 0.6 is 11.6 Å². The van der Waals surface area contributed by atoms with Gasteiger partial charge < -0.3 is 0 Å². The zero-order valence-corrected chi connectivity index (χ0v) is 15.3. The average molecular weight is 331 g/mol. The molecule has 2 unspecified atom stereocenters. The molecule has 2 atom stereocenters. The van der Waals surface area contributed by atoms with Gasteiger partial charge in [0, 0.05) is 5.02 Å². The van der Waals surface area contributed by atoms with E-state index in [0.29, 0.717) is 5.41 Å². The summed E-state index contributed by atoms with van der Waals surface area (Å²) >= 11 is 6.15. The summed E-state index contributed by atoms with van der Waals surface area (Å²) in [5.74, 6) is 2.52. The maximum Gasteiger partial charge on any atom is 0.0406 e. The number of rotatable bonds is 4. The molecule has 0 aliphatic heterocycles. The summed E-state index contributed by atoms with van der Waals surface area (Å²) in [6.07, 6.45) is 14.5. The highest BCUT2D eigenvalue weighted by Gasteiger charge is 2.44. The van der Waals surface area contributed by atoms with Crippen molar-refractivity contribution in [2.24, 2.45) is 17.8 Å². The lowest BCUT2D eigenvalue weighted by Crippen LogP contribution is -2.42. The molecule has 2 saturated carbocycles. The summed E-state index contributed by atoms with van der Waals surface area (Å²) in [6.45, 7) is 6.42. The van der Waals surface area contributed by atoms with Crippen LogP contribution in [0, 0.1) is 17.8 Å². The van der Waals surface area contributed by atoms with Gasteiger partial charge in [0.15, 0.2) is 0 Å². The van der Waals surface area contributed by atoms with Gasteiger partial charge in [-0.2, -0.15) is 0 Å². The van der Waals surface area contributed by atoms with Gasteiger partial charge in [-0.15, -0.1) is 6.58 Å². The minimum atomic E-state index is 0.383. The molecule has 0 bridgehead atoms. The van der Waals surface area contributed by atoms with Crippen LogP contribution in [0.2, 0.25) is 5.02 Å². The Balaban J connectivity index is 1.86. The number of halogens is 1. The highest BCUT2D eigenvalue weighted by Crippen LogP contribution is 2.52. The molecule has 2 aliphatic carbocycles. The number of hydrogen-bond donors (Lipinski definition) is 0. The molecule has 1 aromatic rings. The molecule has 0 saturated heterocycles. The smallest absolute Gasteiger partial charge is 0.0406 e. The van der Waals surface area contributed by atoms with E-state index in [4.69, 9.17) is 11.6 Å². The van der Waals surface area contributed by atoms with Crippen molar-refractivity contribution in [2.75, 3.05) is 0 Å². The summed E-state index contributed by atoms with van der Waals surface area (Å²) < 4.78 is 0. The summed E-state index contributed by atoms with van der Waals surface area (Å²) in [6, 6.07) is 8.79. The first-order valence-corrected chi connectivity index (χ1v) is 9.96. The Morgan fingerprint density at radius 1 is 1.09 bits per heavy atom. The minimum absolute atomic E-state index is 0.383. The monoisotopic (exact) mass is 330 g/mol. The zero-order chi connectivity index (χ0) is 16.3. The normalized spacial score (nSPS) is 35.0. The average Bonchev–Trinajstić information content (AvgIpc) is 2.62. The second kappa shape index (κ2) is 7.43. The second-order valence-corrected chi connectivity index (χ2v) is 8.22. The Morgan fingerprint density at radius 3 is 2.39 bits per heavy atom. The van der Waals surface area contributed by atoms with Gasteiger partial charge in [0.05, 0.1) is 0 Å². The van der Waals surface area contributed by atoms with Crippen LogP contribution in [0.15, 0.2) is 36.9 Å². The molecule has 0 radical (unpaired) electrons. The molecular formula is C22H31Cl. The molecule has 0 amide bonds. The highest BCUT2D eigenvalue weighted by molar-refractivity contribution is 6.30. The molecule has 0 aromatic heterocycles. The van der Waals surface area contributed by atoms with Crippen molar-refractivity contribution in [1.82, 2.24) is 0 Å². The third-order valence-corrected chi connectivity index (χ3v) is 7.12. The minimum Gasteiger partial charge on any atom is -0.103 e. The second-order valence-electron chi connectivity index (χ2n) is 7.78. The maximum absolute atomic E-state index is 6.15. The van der Waals surface area contributed by atoms with Crippen molar-refractivity contribution in [3.05, 3.63) is 47.5 Å². The van der Waals surface area contributed by atoms with Gasteiger partial charge in [0.2, 0.25) is 0 Å². The van der Waals surface area contributed by atoms with E-state index < -0.39 is 0 Å². The molecule has 2 fully saturated rings. The Morgan fingerprint density at radius 2 is 1.78 bits per heavy atom. The van der Waals surface area contributed by atoms with Crippen molar-refractivity contribution in [1.29, 1.82) is 0 Å². The number of allylic oxidation sites excluding steroid dienone is 1. The first-order valence-electron chi connectivity index (χ1n) is 9.58. The van der Waals surface area contributed by atoms with Gasteiger partial charge in [0.25, 0.3) is 0 Å². The largest absolute Gasteiger partial charge is 0.103 e. The van der Waals surface area contributed by atoms with Crippen molar-refractivity contribution in [2.45, 2.75) is 70.1 Å². The Bertz CT molecular complexity index is 509. The van der Waals surface area contributed by atoms with Gasteiger partial charge in [-0.05, 0) is 85.8 Å². The van der Waals surface area contributed by atoms with Crippen LogP contribution in [0.1, 0.15) is 70.3 Å².